The molecule has 1 fully saturated rings. The summed E-state index contributed by atoms with van der Waals surface area (Å²) in [5.41, 5.74) is -0.504. The minimum atomic E-state index is -0.504. The van der Waals surface area contributed by atoms with Gasteiger partial charge in [0.1, 0.15) is 5.82 Å². The lowest BCUT2D eigenvalue weighted by molar-refractivity contribution is 0.0418. The van der Waals surface area contributed by atoms with Crippen LogP contribution in [0.5, 0.6) is 0 Å². The molecule has 1 aliphatic rings. The average molecular weight is 222 g/mol. The van der Waals surface area contributed by atoms with E-state index in [1.165, 1.54) is 0 Å². The van der Waals surface area contributed by atoms with Crippen molar-refractivity contribution in [1.82, 2.24) is 9.55 Å². The highest BCUT2D eigenvalue weighted by Crippen LogP contribution is 2.36. The first-order valence-corrected chi connectivity index (χ1v) is 6.35. The maximum Gasteiger partial charge on any atom is 0.111 e. The van der Waals surface area contributed by atoms with Crippen LogP contribution in [0.15, 0.2) is 12.4 Å². The zero-order chi connectivity index (χ0) is 11.6. The molecule has 1 heterocycles. The first-order chi connectivity index (χ1) is 7.63. The lowest BCUT2D eigenvalue weighted by atomic mass is 9.96. The van der Waals surface area contributed by atoms with Gasteiger partial charge in [0.05, 0.1) is 5.60 Å². The molecule has 16 heavy (non-hydrogen) atoms. The maximum atomic E-state index is 10.5. The first kappa shape index (κ1) is 11.6. The number of imidazole rings is 1. The second-order valence-electron chi connectivity index (χ2n) is 5.29. The Kier molecular flexibility index (Phi) is 3.33. The summed E-state index contributed by atoms with van der Waals surface area (Å²) < 4.78 is 2.17. The van der Waals surface area contributed by atoms with Gasteiger partial charge in [-0.05, 0) is 31.6 Å². The largest absolute Gasteiger partial charge is 0.389 e. The van der Waals surface area contributed by atoms with Crippen LogP contribution in [0.2, 0.25) is 0 Å². The summed E-state index contributed by atoms with van der Waals surface area (Å²) >= 11 is 0. The minimum Gasteiger partial charge on any atom is -0.389 e. The Balaban J connectivity index is 2.05. The molecular formula is C13H22N2O. The van der Waals surface area contributed by atoms with Crippen LogP contribution < -0.4 is 0 Å². The summed E-state index contributed by atoms with van der Waals surface area (Å²) in [6.45, 7) is 5.38. The molecule has 0 radical (unpaired) electrons. The topological polar surface area (TPSA) is 38.0 Å². The molecule has 0 aliphatic heterocycles. The molecule has 0 bridgehead atoms. The van der Waals surface area contributed by atoms with Gasteiger partial charge in [-0.25, -0.2) is 4.98 Å². The Bertz CT molecular complexity index is 347. The zero-order valence-electron chi connectivity index (χ0n) is 10.3. The Morgan fingerprint density at radius 2 is 2.44 bits per heavy atom. The van der Waals surface area contributed by atoms with Crippen molar-refractivity contribution in [3.8, 4) is 0 Å². The zero-order valence-corrected chi connectivity index (χ0v) is 10.3. The van der Waals surface area contributed by atoms with Crippen LogP contribution in [0.4, 0.5) is 0 Å². The van der Waals surface area contributed by atoms with E-state index in [0.29, 0.717) is 12.3 Å². The molecule has 3 heteroatoms. The number of aryl methyl sites for hydroxylation is 1. The first-order valence-electron chi connectivity index (χ1n) is 6.35. The Labute approximate surface area is 97.5 Å². The predicted molar refractivity (Wildman–Crippen MR) is 64.2 cm³/mol. The van der Waals surface area contributed by atoms with Crippen LogP contribution in [0, 0.1) is 5.92 Å². The molecule has 0 amide bonds. The van der Waals surface area contributed by atoms with E-state index in [1.54, 1.807) is 0 Å². The van der Waals surface area contributed by atoms with Crippen molar-refractivity contribution in [3.05, 3.63) is 18.2 Å². The third kappa shape index (κ3) is 2.46. The Morgan fingerprint density at radius 3 is 3.06 bits per heavy atom. The summed E-state index contributed by atoms with van der Waals surface area (Å²) in [6, 6.07) is 0. The second kappa shape index (κ2) is 4.58. The van der Waals surface area contributed by atoms with Crippen molar-refractivity contribution in [2.24, 2.45) is 5.92 Å². The van der Waals surface area contributed by atoms with Crippen LogP contribution >= 0.6 is 0 Å². The standard InChI is InChI=1S/C13H22N2O/c1-3-7-15-8-6-14-12(15)10-13(16)5-4-11(2)9-13/h6,8,11,16H,3-5,7,9-10H2,1-2H3. The lowest BCUT2D eigenvalue weighted by Crippen LogP contribution is -2.29. The van der Waals surface area contributed by atoms with E-state index in [-0.39, 0.29) is 0 Å². The number of hydrogen-bond donors (Lipinski definition) is 1. The number of rotatable bonds is 4. The highest BCUT2D eigenvalue weighted by atomic mass is 16.3. The van der Waals surface area contributed by atoms with Gasteiger partial charge in [0.25, 0.3) is 0 Å². The molecule has 1 aromatic heterocycles. The van der Waals surface area contributed by atoms with Gasteiger partial charge in [0, 0.05) is 25.4 Å². The molecule has 90 valence electrons. The molecule has 1 aliphatic carbocycles. The molecule has 1 N–H and O–H groups in total. The number of nitrogens with zero attached hydrogens (tertiary/aromatic N) is 2. The van der Waals surface area contributed by atoms with Gasteiger partial charge in [-0.3, -0.25) is 0 Å². The van der Waals surface area contributed by atoms with Crippen molar-refractivity contribution >= 4 is 0 Å². The van der Waals surface area contributed by atoms with Crippen molar-refractivity contribution in [2.75, 3.05) is 0 Å². The molecule has 3 nitrogen and oxygen atoms in total. The van der Waals surface area contributed by atoms with Crippen molar-refractivity contribution < 1.29 is 5.11 Å². The molecule has 2 atom stereocenters. The van der Waals surface area contributed by atoms with Gasteiger partial charge >= 0.3 is 0 Å². The highest BCUT2D eigenvalue weighted by molar-refractivity contribution is 5.01. The van der Waals surface area contributed by atoms with Gasteiger partial charge in [0.15, 0.2) is 0 Å². The highest BCUT2D eigenvalue weighted by Gasteiger charge is 2.36. The fraction of sp³-hybridized carbons (Fsp3) is 0.769. The maximum absolute atomic E-state index is 10.5. The molecule has 0 saturated heterocycles. The van der Waals surface area contributed by atoms with E-state index in [9.17, 15) is 5.11 Å². The van der Waals surface area contributed by atoms with Gasteiger partial charge in [0.2, 0.25) is 0 Å². The van der Waals surface area contributed by atoms with Gasteiger partial charge < -0.3 is 9.67 Å². The number of hydrogen-bond acceptors (Lipinski definition) is 2. The average Bonchev–Trinajstić information content (AvgIpc) is 2.76. The molecule has 2 rings (SSSR count). The summed E-state index contributed by atoms with van der Waals surface area (Å²) in [5.74, 6) is 1.69. The Hall–Kier alpha value is -0.830. The number of aromatic nitrogens is 2. The lowest BCUT2D eigenvalue weighted by Gasteiger charge is -2.22. The second-order valence-corrected chi connectivity index (χ2v) is 5.29. The van der Waals surface area contributed by atoms with E-state index in [1.807, 2.05) is 12.4 Å². The van der Waals surface area contributed by atoms with Gasteiger partial charge in [-0.1, -0.05) is 13.8 Å². The fourth-order valence-corrected chi connectivity index (χ4v) is 2.77. The van der Waals surface area contributed by atoms with E-state index in [0.717, 1.165) is 38.1 Å². The van der Waals surface area contributed by atoms with Crippen molar-refractivity contribution in [3.63, 3.8) is 0 Å². The SMILES string of the molecule is CCCn1ccnc1CC1(O)CCC(C)C1. The third-order valence-electron chi connectivity index (χ3n) is 3.58. The van der Waals surface area contributed by atoms with Crippen molar-refractivity contribution in [1.29, 1.82) is 0 Å². The van der Waals surface area contributed by atoms with E-state index in [4.69, 9.17) is 0 Å². The Morgan fingerprint density at radius 1 is 1.62 bits per heavy atom. The van der Waals surface area contributed by atoms with Gasteiger partial charge in [-0.2, -0.15) is 0 Å². The normalized spacial score (nSPS) is 29.8. The van der Waals surface area contributed by atoms with Crippen molar-refractivity contribution in [2.45, 2.75) is 58.1 Å². The number of aliphatic hydroxyl groups is 1. The molecule has 0 spiro atoms. The molecule has 1 saturated carbocycles. The predicted octanol–water partition coefficient (Wildman–Crippen LogP) is 2.39. The minimum absolute atomic E-state index is 0.504. The summed E-state index contributed by atoms with van der Waals surface area (Å²) in [4.78, 5) is 4.37. The monoisotopic (exact) mass is 222 g/mol. The van der Waals surface area contributed by atoms with Crippen LogP contribution in [0.1, 0.15) is 45.4 Å². The summed E-state index contributed by atoms with van der Waals surface area (Å²) in [6.07, 6.45) is 8.67. The molecular weight excluding hydrogens is 200 g/mol. The summed E-state index contributed by atoms with van der Waals surface area (Å²) in [7, 11) is 0. The van der Waals surface area contributed by atoms with Crippen LogP contribution in [0.25, 0.3) is 0 Å². The van der Waals surface area contributed by atoms with Crippen LogP contribution in [-0.2, 0) is 13.0 Å². The molecule has 1 aromatic rings. The third-order valence-corrected chi connectivity index (χ3v) is 3.58. The fourth-order valence-electron chi connectivity index (χ4n) is 2.77. The van der Waals surface area contributed by atoms with E-state index in [2.05, 4.69) is 23.4 Å². The molecule has 2 unspecified atom stereocenters. The summed E-state index contributed by atoms with van der Waals surface area (Å²) in [5, 5.41) is 10.5. The molecule has 0 aromatic carbocycles. The van der Waals surface area contributed by atoms with Gasteiger partial charge in [-0.15, -0.1) is 0 Å². The van der Waals surface area contributed by atoms with Crippen LogP contribution in [-0.4, -0.2) is 20.3 Å². The smallest absolute Gasteiger partial charge is 0.111 e. The van der Waals surface area contributed by atoms with E-state index < -0.39 is 5.60 Å². The van der Waals surface area contributed by atoms with Crippen LogP contribution in [0.3, 0.4) is 0 Å². The quantitative estimate of drug-likeness (QED) is 0.849. The van der Waals surface area contributed by atoms with E-state index >= 15 is 0 Å².